The van der Waals surface area contributed by atoms with Gasteiger partial charge in [0.2, 0.25) is 0 Å². The Balaban J connectivity index is 2.43. The molecule has 0 aliphatic rings. The fourth-order valence-electron chi connectivity index (χ4n) is 1.43. The molecule has 0 spiro atoms. The van der Waals surface area contributed by atoms with Crippen molar-refractivity contribution in [3.8, 4) is 0 Å². The maximum absolute atomic E-state index is 11.6. The standard InChI is InChI=1S/C13H17NO6/c1-18-11(13(17)19-2)10(15)12(16)14-20-8-9-6-4-3-5-7-9/h3-7,10-11,15H,8H2,1-2H3,(H,14,16)/t10?,11-/m1/s1. The molecule has 0 radical (unpaired) electrons. The molecule has 1 rings (SSSR count). The van der Waals surface area contributed by atoms with E-state index >= 15 is 0 Å². The van der Waals surface area contributed by atoms with Crippen molar-refractivity contribution in [2.24, 2.45) is 0 Å². The van der Waals surface area contributed by atoms with Gasteiger partial charge in [-0.15, -0.1) is 0 Å². The van der Waals surface area contributed by atoms with E-state index in [0.717, 1.165) is 12.7 Å². The van der Waals surface area contributed by atoms with Crippen LogP contribution in [0.5, 0.6) is 0 Å². The van der Waals surface area contributed by atoms with Crippen LogP contribution >= 0.6 is 0 Å². The number of aliphatic hydroxyl groups is 1. The van der Waals surface area contributed by atoms with Crippen LogP contribution in [0.4, 0.5) is 0 Å². The fourth-order valence-corrected chi connectivity index (χ4v) is 1.43. The molecule has 0 saturated heterocycles. The molecule has 2 atom stereocenters. The number of aliphatic hydroxyl groups excluding tert-OH is 1. The van der Waals surface area contributed by atoms with E-state index in [1.54, 1.807) is 0 Å². The summed E-state index contributed by atoms with van der Waals surface area (Å²) in [4.78, 5) is 27.8. The first-order chi connectivity index (χ1) is 9.60. The molecule has 0 bridgehead atoms. The van der Waals surface area contributed by atoms with E-state index in [9.17, 15) is 14.7 Å². The number of amides is 1. The highest BCUT2D eigenvalue weighted by Gasteiger charge is 2.33. The summed E-state index contributed by atoms with van der Waals surface area (Å²) < 4.78 is 9.11. The normalized spacial score (nSPS) is 13.3. The minimum absolute atomic E-state index is 0.134. The molecule has 1 aromatic rings. The van der Waals surface area contributed by atoms with E-state index < -0.39 is 24.1 Å². The zero-order valence-electron chi connectivity index (χ0n) is 11.2. The van der Waals surface area contributed by atoms with Crippen molar-refractivity contribution in [1.82, 2.24) is 5.48 Å². The third kappa shape index (κ3) is 4.61. The molecular formula is C13H17NO6. The highest BCUT2D eigenvalue weighted by atomic mass is 16.7. The Kier molecular flexibility index (Phi) is 6.65. The lowest BCUT2D eigenvalue weighted by molar-refractivity contribution is -0.168. The third-order valence-corrected chi connectivity index (χ3v) is 2.50. The lowest BCUT2D eigenvalue weighted by atomic mass is 10.2. The van der Waals surface area contributed by atoms with Gasteiger partial charge in [-0.2, -0.15) is 0 Å². The van der Waals surface area contributed by atoms with E-state index in [4.69, 9.17) is 9.57 Å². The number of carbonyl (C=O) groups is 2. The van der Waals surface area contributed by atoms with Gasteiger partial charge in [-0.05, 0) is 5.56 Å². The van der Waals surface area contributed by atoms with E-state index in [1.807, 2.05) is 35.8 Å². The largest absolute Gasteiger partial charge is 0.467 e. The summed E-state index contributed by atoms with van der Waals surface area (Å²) in [6, 6.07) is 9.14. The first kappa shape index (κ1) is 16.1. The van der Waals surface area contributed by atoms with Gasteiger partial charge in [-0.25, -0.2) is 10.3 Å². The van der Waals surface area contributed by atoms with Crippen molar-refractivity contribution in [2.75, 3.05) is 14.2 Å². The van der Waals surface area contributed by atoms with Crippen LogP contribution in [0, 0.1) is 0 Å². The zero-order valence-corrected chi connectivity index (χ0v) is 11.2. The van der Waals surface area contributed by atoms with Crippen molar-refractivity contribution in [3.63, 3.8) is 0 Å². The van der Waals surface area contributed by atoms with Gasteiger partial charge in [0.25, 0.3) is 5.91 Å². The number of hydroxylamine groups is 1. The molecule has 0 aliphatic heterocycles. The topological polar surface area (TPSA) is 94.1 Å². The number of methoxy groups -OCH3 is 2. The quantitative estimate of drug-likeness (QED) is 0.531. The SMILES string of the molecule is COC(=O)[C@H](OC)C(O)C(=O)NOCc1ccccc1. The zero-order chi connectivity index (χ0) is 15.0. The second-order valence-corrected chi connectivity index (χ2v) is 3.86. The Bertz CT molecular complexity index is 436. The van der Waals surface area contributed by atoms with Crippen LogP contribution in [-0.2, 0) is 30.5 Å². The molecule has 0 aromatic heterocycles. The predicted octanol–water partition coefficient (Wildman–Crippen LogP) is -0.217. The van der Waals surface area contributed by atoms with Crippen molar-refractivity contribution >= 4 is 11.9 Å². The Morgan fingerprint density at radius 3 is 2.45 bits per heavy atom. The highest BCUT2D eigenvalue weighted by molar-refractivity contribution is 5.87. The van der Waals surface area contributed by atoms with Crippen LogP contribution < -0.4 is 5.48 Å². The van der Waals surface area contributed by atoms with Gasteiger partial charge in [-0.3, -0.25) is 9.63 Å². The summed E-state index contributed by atoms with van der Waals surface area (Å²) in [5.41, 5.74) is 2.89. The molecule has 1 amide bonds. The number of carbonyl (C=O) groups excluding carboxylic acids is 2. The smallest absolute Gasteiger partial charge is 0.338 e. The lowest BCUT2D eigenvalue weighted by Crippen LogP contribution is -2.47. The summed E-state index contributed by atoms with van der Waals surface area (Å²) in [6.45, 7) is 0.134. The summed E-state index contributed by atoms with van der Waals surface area (Å²) in [5, 5.41) is 9.66. The maximum atomic E-state index is 11.6. The lowest BCUT2D eigenvalue weighted by Gasteiger charge is -2.18. The molecule has 0 fully saturated rings. The Labute approximate surface area is 116 Å². The van der Waals surface area contributed by atoms with Crippen molar-refractivity contribution in [3.05, 3.63) is 35.9 Å². The minimum atomic E-state index is -1.72. The number of hydrogen-bond acceptors (Lipinski definition) is 6. The van der Waals surface area contributed by atoms with Crippen molar-refractivity contribution < 1.29 is 29.0 Å². The summed E-state index contributed by atoms with van der Waals surface area (Å²) in [6.07, 6.45) is -3.12. The van der Waals surface area contributed by atoms with Gasteiger partial charge in [0, 0.05) is 7.11 Å². The van der Waals surface area contributed by atoms with Crippen LogP contribution in [0.3, 0.4) is 0 Å². The number of ether oxygens (including phenoxy) is 2. The van der Waals surface area contributed by atoms with Gasteiger partial charge in [-0.1, -0.05) is 30.3 Å². The van der Waals surface area contributed by atoms with Gasteiger partial charge in [0.1, 0.15) is 0 Å². The average molecular weight is 283 g/mol. The number of hydrogen-bond donors (Lipinski definition) is 2. The molecule has 0 aliphatic carbocycles. The minimum Gasteiger partial charge on any atom is -0.467 e. The molecule has 7 heteroatoms. The summed E-state index contributed by atoms with van der Waals surface area (Å²) in [5.74, 6) is -1.74. The Morgan fingerprint density at radius 1 is 1.25 bits per heavy atom. The number of benzene rings is 1. The second kappa shape index (κ2) is 8.26. The van der Waals surface area contributed by atoms with Crippen LogP contribution in [0.2, 0.25) is 0 Å². The Hall–Kier alpha value is -1.96. The maximum Gasteiger partial charge on any atom is 0.338 e. The van der Waals surface area contributed by atoms with Crippen LogP contribution in [0.25, 0.3) is 0 Å². The average Bonchev–Trinajstić information content (AvgIpc) is 2.48. The van der Waals surface area contributed by atoms with E-state index in [1.165, 1.54) is 7.11 Å². The first-order valence-corrected chi connectivity index (χ1v) is 5.84. The number of esters is 1. The number of rotatable bonds is 7. The fraction of sp³-hybridized carbons (Fsp3) is 0.385. The van der Waals surface area contributed by atoms with E-state index in [0.29, 0.717) is 0 Å². The van der Waals surface area contributed by atoms with E-state index in [2.05, 4.69) is 4.74 Å². The van der Waals surface area contributed by atoms with E-state index in [-0.39, 0.29) is 6.61 Å². The third-order valence-electron chi connectivity index (χ3n) is 2.50. The monoisotopic (exact) mass is 283 g/mol. The highest BCUT2D eigenvalue weighted by Crippen LogP contribution is 2.03. The number of nitrogens with one attached hydrogen (secondary N) is 1. The molecule has 2 N–H and O–H groups in total. The molecule has 1 unspecified atom stereocenters. The molecule has 0 saturated carbocycles. The molecule has 7 nitrogen and oxygen atoms in total. The molecular weight excluding hydrogens is 266 g/mol. The van der Waals surface area contributed by atoms with Crippen LogP contribution in [0.1, 0.15) is 5.56 Å². The molecule has 110 valence electrons. The van der Waals surface area contributed by atoms with Crippen LogP contribution in [0.15, 0.2) is 30.3 Å². The molecule has 1 aromatic carbocycles. The van der Waals surface area contributed by atoms with Crippen molar-refractivity contribution in [1.29, 1.82) is 0 Å². The Morgan fingerprint density at radius 2 is 1.90 bits per heavy atom. The van der Waals surface area contributed by atoms with Crippen molar-refractivity contribution in [2.45, 2.75) is 18.8 Å². The molecule has 20 heavy (non-hydrogen) atoms. The first-order valence-electron chi connectivity index (χ1n) is 5.84. The summed E-state index contributed by atoms with van der Waals surface area (Å²) >= 11 is 0. The molecule has 0 heterocycles. The van der Waals surface area contributed by atoms with Gasteiger partial charge >= 0.3 is 5.97 Å². The van der Waals surface area contributed by atoms with Crippen LogP contribution in [-0.4, -0.2) is 43.4 Å². The van der Waals surface area contributed by atoms with Gasteiger partial charge < -0.3 is 14.6 Å². The second-order valence-electron chi connectivity index (χ2n) is 3.86. The predicted molar refractivity (Wildman–Crippen MR) is 68.2 cm³/mol. The summed E-state index contributed by atoms with van der Waals surface area (Å²) in [7, 11) is 2.31. The van der Waals surface area contributed by atoms with Gasteiger partial charge in [0.05, 0.1) is 13.7 Å². The van der Waals surface area contributed by atoms with Gasteiger partial charge in [0.15, 0.2) is 12.2 Å².